The van der Waals surface area contributed by atoms with Crippen molar-refractivity contribution in [3.63, 3.8) is 0 Å². The molecule has 2 rings (SSSR count). The van der Waals surface area contributed by atoms with Gasteiger partial charge < -0.3 is 10.0 Å². The molecular weight excluding hydrogens is 198 g/mol. The summed E-state index contributed by atoms with van der Waals surface area (Å²) >= 11 is 0. The van der Waals surface area contributed by atoms with Crippen LogP contribution < -0.4 is 4.90 Å². The average molecular weight is 219 g/mol. The molecule has 2 nitrogen and oxygen atoms in total. The van der Waals surface area contributed by atoms with E-state index in [1.165, 1.54) is 24.1 Å². The van der Waals surface area contributed by atoms with Crippen LogP contribution in [-0.4, -0.2) is 24.8 Å². The predicted molar refractivity (Wildman–Crippen MR) is 67.8 cm³/mol. The highest BCUT2D eigenvalue weighted by molar-refractivity contribution is 5.47. The predicted octanol–water partition coefficient (Wildman–Crippen LogP) is 2.59. The minimum absolute atomic E-state index is 0.342. The van der Waals surface area contributed by atoms with E-state index in [2.05, 4.69) is 36.1 Å². The number of rotatable bonds is 3. The summed E-state index contributed by atoms with van der Waals surface area (Å²) in [6, 6.07) is 8.77. The van der Waals surface area contributed by atoms with E-state index in [1.807, 2.05) is 0 Å². The molecule has 0 spiro atoms. The summed E-state index contributed by atoms with van der Waals surface area (Å²) in [5, 5.41) is 8.92. The van der Waals surface area contributed by atoms with Crippen LogP contribution in [0.4, 0.5) is 5.69 Å². The van der Waals surface area contributed by atoms with Gasteiger partial charge in [0.15, 0.2) is 0 Å². The van der Waals surface area contributed by atoms with E-state index in [-0.39, 0.29) is 0 Å². The first-order valence-electron chi connectivity index (χ1n) is 6.22. The van der Waals surface area contributed by atoms with Crippen LogP contribution in [0.3, 0.4) is 0 Å². The zero-order valence-electron chi connectivity index (χ0n) is 10.0. The Morgan fingerprint density at radius 1 is 1.19 bits per heavy atom. The molecule has 88 valence electrons. The highest BCUT2D eigenvalue weighted by atomic mass is 16.3. The fourth-order valence-corrected chi connectivity index (χ4v) is 2.42. The van der Waals surface area contributed by atoms with Gasteiger partial charge in [-0.05, 0) is 44.2 Å². The molecule has 0 atom stereocenters. The molecule has 0 saturated carbocycles. The van der Waals surface area contributed by atoms with Crippen molar-refractivity contribution < 1.29 is 5.11 Å². The van der Waals surface area contributed by atoms with E-state index >= 15 is 0 Å². The zero-order chi connectivity index (χ0) is 11.4. The Morgan fingerprint density at radius 3 is 2.38 bits per heavy atom. The van der Waals surface area contributed by atoms with E-state index in [1.54, 1.807) is 0 Å². The number of hydrogen-bond acceptors (Lipinski definition) is 2. The third kappa shape index (κ3) is 2.76. The van der Waals surface area contributed by atoms with Gasteiger partial charge in [-0.1, -0.05) is 17.7 Å². The molecule has 0 unspecified atom stereocenters. The van der Waals surface area contributed by atoms with Crippen LogP contribution in [0.25, 0.3) is 0 Å². The Hall–Kier alpha value is -1.02. The van der Waals surface area contributed by atoms with Gasteiger partial charge in [-0.15, -0.1) is 0 Å². The second kappa shape index (κ2) is 5.35. The van der Waals surface area contributed by atoms with Gasteiger partial charge in [0.05, 0.1) is 0 Å². The molecule has 1 aromatic carbocycles. The molecule has 0 aromatic heterocycles. The number of hydrogen-bond donors (Lipinski definition) is 1. The van der Waals surface area contributed by atoms with Crippen molar-refractivity contribution in [2.24, 2.45) is 5.92 Å². The topological polar surface area (TPSA) is 23.5 Å². The summed E-state index contributed by atoms with van der Waals surface area (Å²) < 4.78 is 0. The van der Waals surface area contributed by atoms with Crippen LogP contribution in [-0.2, 0) is 0 Å². The van der Waals surface area contributed by atoms with Crippen molar-refractivity contribution in [3.05, 3.63) is 29.8 Å². The quantitative estimate of drug-likeness (QED) is 0.844. The van der Waals surface area contributed by atoms with Gasteiger partial charge in [0.1, 0.15) is 0 Å². The number of piperidine rings is 1. The second-order valence-electron chi connectivity index (χ2n) is 4.78. The van der Waals surface area contributed by atoms with Gasteiger partial charge in [0.25, 0.3) is 0 Å². The molecule has 16 heavy (non-hydrogen) atoms. The van der Waals surface area contributed by atoms with Gasteiger partial charge in [-0.3, -0.25) is 0 Å². The van der Waals surface area contributed by atoms with Gasteiger partial charge >= 0.3 is 0 Å². The number of aliphatic hydroxyl groups is 1. The van der Waals surface area contributed by atoms with E-state index in [4.69, 9.17) is 5.11 Å². The van der Waals surface area contributed by atoms with E-state index in [9.17, 15) is 0 Å². The maximum atomic E-state index is 8.92. The van der Waals surface area contributed by atoms with Crippen molar-refractivity contribution in [1.82, 2.24) is 0 Å². The lowest BCUT2D eigenvalue weighted by molar-refractivity contribution is 0.240. The van der Waals surface area contributed by atoms with Crippen LogP contribution in [0.5, 0.6) is 0 Å². The Bertz CT molecular complexity index is 312. The Labute approximate surface area is 97.9 Å². The molecular formula is C14H21NO. The fourth-order valence-electron chi connectivity index (χ4n) is 2.42. The highest BCUT2D eigenvalue weighted by Gasteiger charge is 2.18. The summed E-state index contributed by atoms with van der Waals surface area (Å²) in [4.78, 5) is 2.45. The second-order valence-corrected chi connectivity index (χ2v) is 4.78. The van der Waals surface area contributed by atoms with Crippen LogP contribution in [0, 0.1) is 12.8 Å². The summed E-state index contributed by atoms with van der Waals surface area (Å²) in [6.07, 6.45) is 3.41. The monoisotopic (exact) mass is 219 g/mol. The molecule has 1 aromatic rings. The number of benzene rings is 1. The largest absolute Gasteiger partial charge is 0.396 e. The highest BCUT2D eigenvalue weighted by Crippen LogP contribution is 2.24. The van der Waals surface area contributed by atoms with Crippen LogP contribution >= 0.6 is 0 Å². The Morgan fingerprint density at radius 2 is 1.81 bits per heavy atom. The normalized spacial score (nSPS) is 17.8. The maximum Gasteiger partial charge on any atom is 0.0433 e. The maximum absolute atomic E-state index is 8.92. The van der Waals surface area contributed by atoms with Gasteiger partial charge in [0, 0.05) is 25.4 Å². The van der Waals surface area contributed by atoms with E-state index in [0.29, 0.717) is 6.61 Å². The number of aryl methyl sites for hydroxylation is 1. The van der Waals surface area contributed by atoms with Crippen LogP contribution in [0.2, 0.25) is 0 Å². The summed E-state index contributed by atoms with van der Waals surface area (Å²) in [5.41, 5.74) is 2.66. The molecule has 2 heteroatoms. The van der Waals surface area contributed by atoms with Crippen LogP contribution in [0.1, 0.15) is 24.8 Å². The molecule has 0 radical (unpaired) electrons. The number of nitrogens with zero attached hydrogens (tertiary/aromatic N) is 1. The lowest BCUT2D eigenvalue weighted by atomic mass is 9.93. The van der Waals surface area contributed by atoms with Crippen LogP contribution in [0.15, 0.2) is 24.3 Å². The van der Waals surface area contributed by atoms with E-state index < -0.39 is 0 Å². The molecule has 0 bridgehead atoms. The lowest BCUT2D eigenvalue weighted by Gasteiger charge is -2.33. The molecule has 0 amide bonds. The SMILES string of the molecule is Cc1ccc(N2CCC(CCO)CC2)cc1. The number of anilines is 1. The number of aliphatic hydroxyl groups excluding tert-OH is 1. The van der Waals surface area contributed by atoms with Crippen molar-refractivity contribution in [2.75, 3.05) is 24.6 Å². The van der Waals surface area contributed by atoms with Crippen molar-refractivity contribution in [2.45, 2.75) is 26.2 Å². The van der Waals surface area contributed by atoms with E-state index in [0.717, 1.165) is 25.4 Å². The first-order valence-corrected chi connectivity index (χ1v) is 6.22. The minimum atomic E-state index is 0.342. The molecule has 1 aliphatic rings. The summed E-state index contributed by atoms with van der Waals surface area (Å²) in [6.45, 7) is 4.73. The molecule has 1 saturated heterocycles. The molecule has 1 fully saturated rings. The Kier molecular flexibility index (Phi) is 3.83. The first kappa shape index (κ1) is 11.5. The minimum Gasteiger partial charge on any atom is -0.396 e. The summed E-state index contributed by atoms with van der Waals surface area (Å²) in [5.74, 6) is 0.728. The molecule has 1 heterocycles. The van der Waals surface area contributed by atoms with Crippen molar-refractivity contribution >= 4 is 5.69 Å². The van der Waals surface area contributed by atoms with Gasteiger partial charge in [-0.2, -0.15) is 0 Å². The standard InChI is InChI=1S/C14H21NO/c1-12-2-4-14(5-3-12)15-9-6-13(7-10-15)8-11-16/h2-5,13,16H,6-11H2,1H3. The Balaban J connectivity index is 1.91. The third-order valence-corrected chi connectivity index (χ3v) is 3.55. The first-order chi connectivity index (χ1) is 7.79. The van der Waals surface area contributed by atoms with Gasteiger partial charge in [-0.25, -0.2) is 0 Å². The average Bonchev–Trinajstić information content (AvgIpc) is 2.32. The lowest BCUT2D eigenvalue weighted by Crippen LogP contribution is -2.33. The van der Waals surface area contributed by atoms with Crippen molar-refractivity contribution in [3.8, 4) is 0 Å². The smallest absolute Gasteiger partial charge is 0.0433 e. The fraction of sp³-hybridized carbons (Fsp3) is 0.571. The molecule has 0 aliphatic carbocycles. The van der Waals surface area contributed by atoms with Gasteiger partial charge in [0.2, 0.25) is 0 Å². The molecule has 1 N–H and O–H groups in total. The van der Waals surface area contributed by atoms with Crippen molar-refractivity contribution in [1.29, 1.82) is 0 Å². The zero-order valence-corrected chi connectivity index (χ0v) is 10.0. The summed E-state index contributed by atoms with van der Waals surface area (Å²) in [7, 11) is 0. The third-order valence-electron chi connectivity index (χ3n) is 3.55. The molecule has 1 aliphatic heterocycles.